The second kappa shape index (κ2) is 6.60. The van der Waals surface area contributed by atoms with Crippen LogP contribution in [0.2, 0.25) is 5.15 Å². The van der Waals surface area contributed by atoms with Crippen LogP contribution in [-0.2, 0) is 4.18 Å². The van der Waals surface area contributed by atoms with E-state index in [9.17, 15) is 4.79 Å². The summed E-state index contributed by atoms with van der Waals surface area (Å²) in [6, 6.07) is 6.62. The highest BCUT2D eigenvalue weighted by Crippen LogP contribution is 2.28. The molecule has 0 spiro atoms. The van der Waals surface area contributed by atoms with Gasteiger partial charge >= 0.3 is 0 Å². The molecule has 0 saturated heterocycles. The van der Waals surface area contributed by atoms with Gasteiger partial charge in [-0.2, -0.15) is 0 Å². The molecule has 2 aromatic heterocycles. The molecular formula is C12H11ClN2O3S. The summed E-state index contributed by atoms with van der Waals surface area (Å²) in [4.78, 5) is 18.5. The highest BCUT2D eigenvalue weighted by atomic mass is 35.5. The Morgan fingerprint density at radius 2 is 2.26 bits per heavy atom. The monoisotopic (exact) mass is 298 g/mol. The number of rotatable bonds is 5. The molecule has 5 nitrogen and oxygen atoms in total. The summed E-state index contributed by atoms with van der Waals surface area (Å²) in [6.07, 6.45) is 1.58. The lowest BCUT2D eigenvalue weighted by Gasteiger charge is -2.07. The molecule has 2 aromatic rings. The zero-order valence-corrected chi connectivity index (χ0v) is 11.6. The van der Waals surface area contributed by atoms with Gasteiger partial charge in [0.15, 0.2) is 5.75 Å². The molecule has 0 aliphatic heterocycles. The predicted molar refractivity (Wildman–Crippen MR) is 75.1 cm³/mol. The third-order valence-corrected chi connectivity index (χ3v) is 2.99. The Morgan fingerprint density at radius 3 is 3.00 bits per heavy atom. The second-order valence-corrected chi connectivity index (χ2v) is 4.40. The summed E-state index contributed by atoms with van der Waals surface area (Å²) in [6.45, 7) is 2.37. The Labute approximate surface area is 119 Å². The maximum Gasteiger partial charge on any atom is 0.258 e. The van der Waals surface area contributed by atoms with Crippen LogP contribution in [-0.4, -0.2) is 16.6 Å². The van der Waals surface area contributed by atoms with Gasteiger partial charge in [-0.25, -0.2) is 0 Å². The fraction of sp³-hybridized carbons (Fsp3) is 0.167. The van der Waals surface area contributed by atoms with Gasteiger partial charge < -0.3 is 9.17 Å². The SMILES string of the molecule is CCOSOc1cccnc1-c1ccc(Cl)[nH]c1=O. The third kappa shape index (κ3) is 3.50. The fourth-order valence-electron chi connectivity index (χ4n) is 1.41. The Balaban J connectivity index is 2.36. The van der Waals surface area contributed by atoms with Gasteiger partial charge in [0.05, 0.1) is 12.2 Å². The number of nitrogens with zero attached hydrogens (tertiary/aromatic N) is 1. The number of nitrogens with one attached hydrogen (secondary N) is 1. The maximum absolute atomic E-state index is 11.8. The van der Waals surface area contributed by atoms with E-state index < -0.39 is 0 Å². The zero-order chi connectivity index (χ0) is 13.7. The predicted octanol–water partition coefficient (Wildman–Crippen LogP) is 3.07. The number of hydrogen-bond acceptors (Lipinski definition) is 5. The van der Waals surface area contributed by atoms with E-state index in [2.05, 4.69) is 9.97 Å². The number of hydrogen-bond donors (Lipinski definition) is 1. The molecule has 1 N–H and O–H groups in total. The summed E-state index contributed by atoms with van der Waals surface area (Å²) in [5, 5.41) is 0.274. The van der Waals surface area contributed by atoms with Crippen molar-refractivity contribution in [2.24, 2.45) is 0 Å². The molecule has 0 fully saturated rings. The number of H-pyrrole nitrogens is 1. The molecule has 0 aromatic carbocycles. The first-order valence-corrected chi connectivity index (χ1v) is 6.57. The first kappa shape index (κ1) is 13.9. The van der Waals surface area contributed by atoms with Crippen LogP contribution in [0.15, 0.2) is 35.3 Å². The molecule has 0 unspecified atom stereocenters. The molecule has 0 bridgehead atoms. The van der Waals surface area contributed by atoms with Crippen molar-refractivity contribution in [1.82, 2.24) is 9.97 Å². The average molecular weight is 299 g/mol. The molecule has 0 aliphatic rings. The van der Waals surface area contributed by atoms with Gasteiger partial charge in [0.2, 0.25) is 12.3 Å². The molecule has 2 heterocycles. The molecule has 0 aliphatic carbocycles. The maximum atomic E-state index is 11.8. The van der Waals surface area contributed by atoms with Crippen molar-refractivity contribution in [3.8, 4) is 17.0 Å². The summed E-state index contributed by atoms with van der Waals surface area (Å²) in [5.74, 6) is 0.453. The van der Waals surface area contributed by atoms with Crippen molar-refractivity contribution in [2.75, 3.05) is 6.61 Å². The summed E-state index contributed by atoms with van der Waals surface area (Å²) >= 11 is 6.56. The fourth-order valence-corrected chi connectivity index (χ4v) is 1.91. The van der Waals surface area contributed by atoms with E-state index in [0.717, 1.165) is 12.3 Å². The minimum Gasteiger partial charge on any atom is -0.398 e. The first-order valence-electron chi connectivity index (χ1n) is 5.52. The third-order valence-electron chi connectivity index (χ3n) is 2.19. The van der Waals surface area contributed by atoms with Crippen LogP contribution in [0, 0.1) is 0 Å². The lowest BCUT2D eigenvalue weighted by Crippen LogP contribution is -2.09. The average Bonchev–Trinajstić information content (AvgIpc) is 2.40. The second-order valence-electron chi connectivity index (χ2n) is 3.46. The first-order chi connectivity index (χ1) is 9.22. The Hall–Kier alpha value is -1.50. The quantitative estimate of drug-likeness (QED) is 0.522. The van der Waals surface area contributed by atoms with Crippen LogP contribution in [0.5, 0.6) is 5.75 Å². The van der Waals surface area contributed by atoms with Crippen molar-refractivity contribution < 1.29 is 8.37 Å². The summed E-state index contributed by atoms with van der Waals surface area (Å²) in [7, 11) is 0. The molecule has 0 saturated carbocycles. The molecule has 7 heteroatoms. The van der Waals surface area contributed by atoms with Crippen LogP contribution in [0.25, 0.3) is 11.3 Å². The van der Waals surface area contributed by atoms with Crippen LogP contribution < -0.4 is 9.74 Å². The normalized spacial score (nSPS) is 10.4. The Morgan fingerprint density at radius 1 is 1.42 bits per heavy atom. The Bertz CT molecular complexity index is 618. The lowest BCUT2D eigenvalue weighted by molar-refractivity contribution is 0.369. The summed E-state index contributed by atoms with van der Waals surface area (Å²) in [5.41, 5.74) is 0.502. The van der Waals surface area contributed by atoms with Crippen molar-refractivity contribution in [2.45, 2.75) is 6.92 Å². The van der Waals surface area contributed by atoms with Crippen molar-refractivity contribution in [1.29, 1.82) is 0 Å². The van der Waals surface area contributed by atoms with Crippen LogP contribution >= 0.6 is 23.9 Å². The van der Waals surface area contributed by atoms with Gasteiger partial charge in [-0.1, -0.05) is 11.6 Å². The van der Waals surface area contributed by atoms with Gasteiger partial charge in [0, 0.05) is 6.20 Å². The smallest absolute Gasteiger partial charge is 0.258 e. The van der Waals surface area contributed by atoms with E-state index in [1.54, 1.807) is 30.5 Å². The van der Waals surface area contributed by atoms with E-state index in [-0.39, 0.29) is 10.7 Å². The summed E-state index contributed by atoms with van der Waals surface area (Å²) < 4.78 is 10.4. The van der Waals surface area contributed by atoms with E-state index in [0.29, 0.717) is 23.6 Å². The number of aromatic amines is 1. The lowest BCUT2D eigenvalue weighted by atomic mass is 10.2. The highest BCUT2D eigenvalue weighted by molar-refractivity contribution is 7.90. The molecule has 0 atom stereocenters. The molecule has 0 radical (unpaired) electrons. The molecule has 19 heavy (non-hydrogen) atoms. The number of halogens is 1. The van der Waals surface area contributed by atoms with Gasteiger partial charge in [-0.3, -0.25) is 14.0 Å². The van der Waals surface area contributed by atoms with Crippen molar-refractivity contribution in [3.63, 3.8) is 0 Å². The minimum atomic E-state index is -0.322. The van der Waals surface area contributed by atoms with Gasteiger partial charge in [0.25, 0.3) is 5.56 Å². The van der Waals surface area contributed by atoms with Crippen LogP contribution in [0.3, 0.4) is 0 Å². The van der Waals surface area contributed by atoms with Crippen molar-refractivity contribution >= 4 is 23.9 Å². The van der Waals surface area contributed by atoms with Gasteiger partial charge in [0.1, 0.15) is 10.8 Å². The largest absolute Gasteiger partial charge is 0.398 e. The minimum absolute atomic E-state index is 0.274. The van der Waals surface area contributed by atoms with E-state index in [4.69, 9.17) is 20.0 Å². The zero-order valence-electron chi connectivity index (χ0n) is 10.1. The standard InChI is InChI=1S/C12H11ClN2O3S/c1-2-17-19-18-9-4-3-7-14-11(9)8-5-6-10(13)15-12(8)16/h3-7H,2H2,1H3,(H,15,16). The molecular weight excluding hydrogens is 288 g/mol. The van der Waals surface area contributed by atoms with Gasteiger partial charge in [-0.05, 0) is 31.2 Å². The van der Waals surface area contributed by atoms with Gasteiger partial charge in [-0.15, -0.1) is 0 Å². The van der Waals surface area contributed by atoms with E-state index in [1.807, 2.05) is 6.92 Å². The van der Waals surface area contributed by atoms with E-state index in [1.165, 1.54) is 0 Å². The van der Waals surface area contributed by atoms with Crippen molar-refractivity contribution in [3.05, 3.63) is 46.0 Å². The molecule has 2 rings (SSSR count). The Kier molecular flexibility index (Phi) is 4.84. The van der Waals surface area contributed by atoms with E-state index >= 15 is 0 Å². The van der Waals surface area contributed by atoms with Crippen LogP contribution in [0.1, 0.15) is 6.92 Å². The number of aromatic nitrogens is 2. The molecule has 100 valence electrons. The van der Waals surface area contributed by atoms with Crippen LogP contribution in [0.4, 0.5) is 0 Å². The molecule has 0 amide bonds. The number of pyridine rings is 2. The highest BCUT2D eigenvalue weighted by Gasteiger charge is 2.12. The topological polar surface area (TPSA) is 64.2 Å².